The fourth-order valence-electron chi connectivity index (χ4n) is 9.77. The minimum Gasteiger partial charge on any atom is -0.394 e. The van der Waals surface area contributed by atoms with Crippen molar-refractivity contribution in [3.63, 3.8) is 0 Å². The zero-order valence-electron chi connectivity index (χ0n) is 46.0. The summed E-state index contributed by atoms with van der Waals surface area (Å²) >= 11 is 0. The molecular formula is C57H103NO18. The first-order valence-electron chi connectivity index (χ1n) is 29.2. The number of carbonyl (C=O) groups is 1. The maximum Gasteiger partial charge on any atom is 0.220 e. The summed E-state index contributed by atoms with van der Waals surface area (Å²) in [6, 6.07) is -0.986. The van der Waals surface area contributed by atoms with Crippen molar-refractivity contribution in [2.45, 2.75) is 291 Å². The fraction of sp³-hybridized carbons (Fsp3) is 0.877. The molecule has 0 spiro atoms. The molecule has 19 heteroatoms. The molecule has 3 aliphatic rings. The molecular weight excluding hydrogens is 987 g/mol. The molecule has 0 aromatic rings. The van der Waals surface area contributed by atoms with E-state index in [-0.39, 0.29) is 18.9 Å². The smallest absolute Gasteiger partial charge is 0.220 e. The van der Waals surface area contributed by atoms with Crippen LogP contribution >= 0.6 is 0 Å². The van der Waals surface area contributed by atoms with Gasteiger partial charge in [-0.1, -0.05) is 166 Å². The number of aliphatic hydroxyl groups is 11. The third kappa shape index (κ3) is 25.2. The van der Waals surface area contributed by atoms with Crippen molar-refractivity contribution in [2.24, 2.45) is 0 Å². The number of aliphatic hydroxyl groups excluding tert-OH is 11. The molecule has 12 N–H and O–H groups in total. The summed E-state index contributed by atoms with van der Waals surface area (Å²) in [7, 11) is 0. The minimum absolute atomic E-state index is 0.234. The fourth-order valence-corrected chi connectivity index (χ4v) is 9.77. The predicted octanol–water partition coefficient (Wildman–Crippen LogP) is 4.54. The van der Waals surface area contributed by atoms with Crippen molar-refractivity contribution < 1.29 is 89.4 Å². The first-order valence-corrected chi connectivity index (χ1v) is 29.2. The van der Waals surface area contributed by atoms with E-state index in [2.05, 4.69) is 43.5 Å². The molecule has 19 nitrogen and oxygen atoms in total. The van der Waals surface area contributed by atoms with Gasteiger partial charge in [0, 0.05) is 6.42 Å². The number of unbranched alkanes of at least 4 members (excludes halogenated alkanes) is 22. The van der Waals surface area contributed by atoms with Gasteiger partial charge in [0.25, 0.3) is 0 Å². The molecule has 0 aromatic heterocycles. The molecule has 3 saturated heterocycles. The SMILES string of the molecule is CCCC/C=C/CC/C=C/C(O)C(COC1OC(CO)C(OC2OC(CO)C(OC3OC(CO)C(O)C(O)C3O)C(O)C2O)C(O)C1O)NC(=O)CCCCCCCCCCCCC/C=C\CCCCCCCCCC. The number of rotatable bonds is 42. The van der Waals surface area contributed by atoms with Crippen LogP contribution in [0.25, 0.3) is 0 Å². The summed E-state index contributed by atoms with van der Waals surface area (Å²) < 4.78 is 34.1. The van der Waals surface area contributed by atoms with E-state index in [1.807, 2.05) is 6.08 Å². The van der Waals surface area contributed by atoms with Crippen molar-refractivity contribution >= 4 is 5.91 Å². The minimum atomic E-state index is -1.98. The van der Waals surface area contributed by atoms with Crippen LogP contribution in [0.5, 0.6) is 0 Å². The first kappa shape index (κ1) is 68.3. The standard InChI is InChI=1S/C57H103NO18/c1-3-5-7-9-11-13-14-15-16-17-18-19-20-21-22-23-24-25-26-27-29-31-33-35-45(63)58-40(41(62)34-32-30-28-12-10-8-6-4-2)39-71-55-51(69)48(66)53(43(37-60)73-55)76-57-52(70)49(67)54(44(38-61)74-57)75-56-50(68)47(65)46(64)42(36-59)72-56/h10,12,17-18,32,34,40-44,46-57,59-62,64-70H,3-9,11,13-16,19-31,33,35-39H2,1-2H3,(H,58,63)/b12-10+,18-17-,34-32+. The summed E-state index contributed by atoms with van der Waals surface area (Å²) in [5.74, 6) is -0.291. The van der Waals surface area contributed by atoms with Crippen LogP contribution < -0.4 is 5.32 Å². The Hall–Kier alpha value is -1.99. The van der Waals surface area contributed by atoms with Gasteiger partial charge in [0.1, 0.15) is 73.2 Å². The van der Waals surface area contributed by atoms with Crippen LogP contribution in [0.1, 0.15) is 187 Å². The average molecular weight is 1090 g/mol. The van der Waals surface area contributed by atoms with Gasteiger partial charge in [-0.15, -0.1) is 0 Å². The lowest BCUT2D eigenvalue weighted by molar-refractivity contribution is -0.379. The molecule has 3 rings (SSSR count). The number of ether oxygens (including phenoxy) is 6. The molecule has 0 aliphatic carbocycles. The topological polar surface area (TPSA) is 307 Å². The molecule has 0 saturated carbocycles. The van der Waals surface area contributed by atoms with Crippen LogP contribution in [0.4, 0.5) is 0 Å². The summed E-state index contributed by atoms with van der Waals surface area (Å²) in [4.78, 5) is 13.2. The van der Waals surface area contributed by atoms with Gasteiger partial charge in [0.15, 0.2) is 18.9 Å². The number of amides is 1. The Labute approximate surface area is 453 Å². The number of allylic oxidation sites excluding steroid dienone is 5. The average Bonchev–Trinajstić information content (AvgIpc) is 3.41. The Morgan fingerprint density at radius 1 is 0.461 bits per heavy atom. The van der Waals surface area contributed by atoms with Crippen molar-refractivity contribution in [3.8, 4) is 0 Å². The van der Waals surface area contributed by atoms with E-state index in [0.29, 0.717) is 12.8 Å². The highest BCUT2D eigenvalue weighted by atomic mass is 16.8. The normalized spacial score (nSPS) is 31.2. The van der Waals surface area contributed by atoms with Crippen LogP contribution in [0.3, 0.4) is 0 Å². The molecule has 0 aromatic carbocycles. The number of nitrogens with one attached hydrogen (secondary N) is 1. The van der Waals surface area contributed by atoms with Crippen LogP contribution in [-0.4, -0.2) is 193 Å². The maximum atomic E-state index is 13.2. The van der Waals surface area contributed by atoms with Gasteiger partial charge in [-0.05, 0) is 51.4 Å². The van der Waals surface area contributed by atoms with Crippen LogP contribution in [-0.2, 0) is 33.2 Å². The molecule has 0 bridgehead atoms. The maximum absolute atomic E-state index is 13.2. The van der Waals surface area contributed by atoms with E-state index in [0.717, 1.165) is 44.9 Å². The van der Waals surface area contributed by atoms with Crippen molar-refractivity contribution in [1.29, 1.82) is 0 Å². The Kier molecular flexibility index (Phi) is 36.9. The second-order valence-corrected chi connectivity index (χ2v) is 21.1. The summed E-state index contributed by atoms with van der Waals surface area (Å²) in [6.45, 7) is 1.60. The first-order chi connectivity index (χ1) is 36.8. The van der Waals surface area contributed by atoms with Gasteiger partial charge >= 0.3 is 0 Å². The van der Waals surface area contributed by atoms with E-state index in [4.69, 9.17) is 28.4 Å². The Balaban J connectivity index is 1.44. The summed E-state index contributed by atoms with van der Waals surface area (Å²) in [5, 5.41) is 120. The van der Waals surface area contributed by atoms with Gasteiger partial charge < -0.3 is 89.9 Å². The van der Waals surface area contributed by atoms with Gasteiger partial charge in [0.2, 0.25) is 5.91 Å². The van der Waals surface area contributed by atoms with Crippen molar-refractivity contribution in [3.05, 3.63) is 36.5 Å². The lowest BCUT2D eigenvalue weighted by Gasteiger charge is -2.48. The van der Waals surface area contributed by atoms with Gasteiger partial charge in [0.05, 0.1) is 38.6 Å². The van der Waals surface area contributed by atoms with E-state index < -0.39 is 124 Å². The van der Waals surface area contributed by atoms with Gasteiger partial charge in [-0.3, -0.25) is 4.79 Å². The van der Waals surface area contributed by atoms with Crippen molar-refractivity contribution in [1.82, 2.24) is 5.32 Å². The summed E-state index contributed by atoms with van der Waals surface area (Å²) in [5.41, 5.74) is 0. The molecule has 76 heavy (non-hydrogen) atoms. The third-order valence-electron chi connectivity index (χ3n) is 14.7. The predicted molar refractivity (Wildman–Crippen MR) is 286 cm³/mol. The molecule has 1 amide bonds. The van der Waals surface area contributed by atoms with Crippen LogP contribution in [0.2, 0.25) is 0 Å². The second-order valence-electron chi connectivity index (χ2n) is 21.1. The zero-order chi connectivity index (χ0) is 55.5. The van der Waals surface area contributed by atoms with E-state index in [1.54, 1.807) is 6.08 Å². The molecule has 17 atom stereocenters. The molecule has 3 heterocycles. The highest BCUT2D eigenvalue weighted by Gasteiger charge is 2.53. The van der Waals surface area contributed by atoms with Crippen molar-refractivity contribution in [2.75, 3.05) is 26.4 Å². The third-order valence-corrected chi connectivity index (χ3v) is 14.7. The Morgan fingerprint density at radius 3 is 1.36 bits per heavy atom. The second kappa shape index (κ2) is 41.1. The quantitative estimate of drug-likeness (QED) is 0.0295. The molecule has 444 valence electrons. The van der Waals surface area contributed by atoms with E-state index in [1.165, 1.54) is 109 Å². The van der Waals surface area contributed by atoms with Crippen LogP contribution in [0, 0.1) is 0 Å². The van der Waals surface area contributed by atoms with E-state index >= 15 is 0 Å². The molecule has 17 unspecified atom stereocenters. The van der Waals surface area contributed by atoms with Gasteiger partial charge in [-0.2, -0.15) is 0 Å². The molecule has 0 radical (unpaired) electrons. The lowest BCUT2D eigenvalue weighted by Crippen LogP contribution is -2.66. The molecule has 3 aliphatic heterocycles. The zero-order valence-corrected chi connectivity index (χ0v) is 46.0. The number of hydrogen-bond acceptors (Lipinski definition) is 18. The number of carbonyl (C=O) groups excluding carboxylic acids is 1. The Morgan fingerprint density at radius 2 is 0.855 bits per heavy atom. The van der Waals surface area contributed by atoms with E-state index in [9.17, 15) is 61.0 Å². The Bertz CT molecular complexity index is 1540. The largest absolute Gasteiger partial charge is 0.394 e. The highest BCUT2D eigenvalue weighted by molar-refractivity contribution is 5.76. The summed E-state index contributed by atoms with van der Waals surface area (Å²) in [6.07, 6.45) is 16.0. The lowest BCUT2D eigenvalue weighted by atomic mass is 9.96. The number of hydrogen-bond donors (Lipinski definition) is 12. The monoisotopic (exact) mass is 1090 g/mol. The molecule has 3 fully saturated rings. The van der Waals surface area contributed by atoms with Crippen LogP contribution in [0.15, 0.2) is 36.5 Å². The highest BCUT2D eigenvalue weighted by Crippen LogP contribution is 2.33. The van der Waals surface area contributed by atoms with Gasteiger partial charge in [-0.25, -0.2) is 0 Å².